The summed E-state index contributed by atoms with van der Waals surface area (Å²) in [6, 6.07) is 60.1. The maximum Gasteiger partial charge on any atom is 0.164 e. The topological polar surface area (TPSA) is 43.6 Å². The van der Waals surface area contributed by atoms with Gasteiger partial charge in [0.2, 0.25) is 0 Å². The first-order valence-electron chi connectivity index (χ1n) is 20.2. The van der Waals surface area contributed by atoms with E-state index in [4.69, 9.17) is 20.4 Å². The average Bonchev–Trinajstić information content (AvgIpc) is 3.67. The zero-order valence-corrected chi connectivity index (χ0v) is 29.6. The van der Waals surface area contributed by atoms with Gasteiger partial charge in [0.15, 0.2) is 17.5 Å². The Bertz CT molecular complexity index is 3110. The van der Waals surface area contributed by atoms with Gasteiger partial charge in [0.05, 0.1) is 16.5 Å². The lowest BCUT2D eigenvalue weighted by atomic mass is 9.97. The van der Waals surface area contributed by atoms with Crippen molar-refractivity contribution in [3.05, 3.63) is 206 Å². The van der Waals surface area contributed by atoms with Crippen LogP contribution in [0.15, 0.2) is 206 Å². The molecule has 0 aliphatic rings. The van der Waals surface area contributed by atoms with Crippen LogP contribution in [0.5, 0.6) is 0 Å². The molecule has 0 aliphatic carbocycles. The Balaban J connectivity index is 1.07. The Labute approximate surface area is 325 Å². The maximum atomic E-state index is 9.14. The molecular formula is C51H34N4. The third-order valence-electron chi connectivity index (χ3n) is 10.0. The molecule has 0 N–H and O–H groups in total. The van der Waals surface area contributed by atoms with Crippen LogP contribution in [0.25, 0.3) is 95.0 Å². The molecule has 2 heterocycles. The van der Waals surface area contributed by atoms with Crippen molar-refractivity contribution in [2.45, 2.75) is 0 Å². The summed E-state index contributed by atoms with van der Waals surface area (Å²) in [5.41, 5.74) is 10.8. The standard InChI is InChI=1S/C51H34N4/c1-4-14-35(15-5-1)41-20-12-21-42(34-41)44-23-13-24-46-45-22-10-11-25-47(45)55(48(44)46)43-32-30-37(31-33-43)36-26-28-40(29-27-36)51-53-49(38-16-6-2-7-17-38)52-50(54-51)39-18-8-3-9-19-39/h1-34H/i10D,11D,22D,25D. The van der Waals surface area contributed by atoms with E-state index in [1.54, 1.807) is 0 Å². The van der Waals surface area contributed by atoms with Crippen LogP contribution in [-0.2, 0) is 0 Å². The third kappa shape index (κ3) is 6.06. The van der Waals surface area contributed by atoms with Gasteiger partial charge < -0.3 is 4.57 Å². The van der Waals surface area contributed by atoms with Gasteiger partial charge in [0.1, 0.15) is 0 Å². The molecule has 0 aliphatic heterocycles. The molecule has 0 bridgehead atoms. The fourth-order valence-electron chi connectivity index (χ4n) is 7.31. The Morgan fingerprint density at radius 2 is 0.818 bits per heavy atom. The molecule has 55 heavy (non-hydrogen) atoms. The maximum absolute atomic E-state index is 9.14. The molecule has 0 saturated heterocycles. The van der Waals surface area contributed by atoms with Crippen molar-refractivity contribution in [1.29, 1.82) is 0 Å². The lowest BCUT2D eigenvalue weighted by Gasteiger charge is -2.13. The Morgan fingerprint density at radius 1 is 0.364 bits per heavy atom. The molecule has 10 aromatic rings. The minimum Gasteiger partial charge on any atom is -0.309 e. The summed E-state index contributed by atoms with van der Waals surface area (Å²) in [7, 11) is 0. The summed E-state index contributed by atoms with van der Waals surface area (Å²) < 4.78 is 37.4. The van der Waals surface area contributed by atoms with Gasteiger partial charge in [0.25, 0.3) is 0 Å². The van der Waals surface area contributed by atoms with Gasteiger partial charge in [-0.15, -0.1) is 0 Å². The van der Waals surface area contributed by atoms with E-state index in [0.29, 0.717) is 28.4 Å². The van der Waals surface area contributed by atoms with Crippen LogP contribution in [0, 0.1) is 0 Å². The van der Waals surface area contributed by atoms with E-state index in [1.165, 1.54) is 0 Å². The fraction of sp³-hybridized carbons (Fsp3) is 0. The summed E-state index contributed by atoms with van der Waals surface area (Å²) in [6.45, 7) is 0. The molecule has 2 aromatic heterocycles. The van der Waals surface area contributed by atoms with Gasteiger partial charge in [0, 0.05) is 38.7 Å². The smallest absolute Gasteiger partial charge is 0.164 e. The van der Waals surface area contributed by atoms with Gasteiger partial charge in [-0.1, -0.05) is 182 Å². The van der Waals surface area contributed by atoms with Crippen LogP contribution < -0.4 is 0 Å². The molecule has 258 valence electrons. The minimum atomic E-state index is -0.263. The highest BCUT2D eigenvalue weighted by Crippen LogP contribution is 2.39. The van der Waals surface area contributed by atoms with Crippen LogP contribution in [-0.4, -0.2) is 19.5 Å². The van der Waals surface area contributed by atoms with Crippen molar-refractivity contribution in [3.8, 4) is 73.2 Å². The van der Waals surface area contributed by atoms with Crippen molar-refractivity contribution in [1.82, 2.24) is 19.5 Å². The lowest BCUT2D eigenvalue weighted by molar-refractivity contribution is 1.07. The first-order chi connectivity index (χ1) is 28.9. The molecule has 0 fully saturated rings. The van der Waals surface area contributed by atoms with E-state index < -0.39 is 0 Å². The number of hydrogen-bond donors (Lipinski definition) is 0. The van der Waals surface area contributed by atoms with E-state index >= 15 is 0 Å². The first kappa shape index (κ1) is 28.1. The van der Waals surface area contributed by atoms with Gasteiger partial charge in [-0.25, -0.2) is 15.0 Å². The van der Waals surface area contributed by atoms with Gasteiger partial charge in [-0.05, 0) is 52.1 Å². The highest BCUT2D eigenvalue weighted by Gasteiger charge is 2.17. The molecule has 8 aromatic carbocycles. The number of nitrogens with zero attached hydrogens (tertiary/aromatic N) is 4. The lowest BCUT2D eigenvalue weighted by Crippen LogP contribution is -2.00. The van der Waals surface area contributed by atoms with Crippen LogP contribution in [0.4, 0.5) is 0 Å². The number of benzene rings is 8. The molecule has 0 radical (unpaired) electrons. The first-order valence-corrected chi connectivity index (χ1v) is 18.2. The molecule has 10 rings (SSSR count). The normalized spacial score (nSPS) is 12.3. The fourth-order valence-corrected chi connectivity index (χ4v) is 7.31. The van der Waals surface area contributed by atoms with Crippen LogP contribution >= 0.6 is 0 Å². The number of para-hydroxylation sites is 2. The molecule has 4 heteroatoms. The molecule has 0 atom stereocenters. The number of hydrogen-bond acceptors (Lipinski definition) is 3. The van der Waals surface area contributed by atoms with Crippen molar-refractivity contribution in [3.63, 3.8) is 0 Å². The SMILES string of the molecule is [2H]c1c([2H])c([2H])c2c(c1[2H])c1cccc(-c3cccc(-c4ccccc4)c3)c1n2-c1ccc(-c2ccc(-c3nc(-c4ccccc4)nc(-c4ccccc4)n3)cc2)cc1. The molecular weight excluding hydrogens is 669 g/mol. The van der Waals surface area contributed by atoms with E-state index in [1.807, 2.05) is 126 Å². The summed E-state index contributed by atoms with van der Waals surface area (Å²) in [6.07, 6.45) is 0. The second-order valence-corrected chi connectivity index (χ2v) is 13.4. The third-order valence-corrected chi connectivity index (χ3v) is 10.0. The van der Waals surface area contributed by atoms with E-state index in [9.17, 15) is 0 Å². The quantitative estimate of drug-likeness (QED) is 0.166. The average molecular weight is 707 g/mol. The molecule has 0 spiro atoms. The van der Waals surface area contributed by atoms with E-state index in [0.717, 1.165) is 66.7 Å². The summed E-state index contributed by atoms with van der Waals surface area (Å²) in [5.74, 6) is 1.80. The van der Waals surface area contributed by atoms with Gasteiger partial charge in [-0.2, -0.15) is 0 Å². The molecule has 0 amide bonds. The number of aromatic nitrogens is 4. The largest absolute Gasteiger partial charge is 0.309 e. The van der Waals surface area contributed by atoms with Crippen molar-refractivity contribution < 1.29 is 5.48 Å². The zero-order chi connectivity index (χ0) is 40.0. The summed E-state index contributed by atoms with van der Waals surface area (Å²) in [4.78, 5) is 14.6. The number of rotatable bonds is 7. The van der Waals surface area contributed by atoms with Crippen LogP contribution in [0.1, 0.15) is 5.48 Å². The predicted octanol–water partition coefficient (Wildman–Crippen LogP) is 13.0. The molecule has 0 unspecified atom stereocenters. The summed E-state index contributed by atoms with van der Waals surface area (Å²) in [5, 5.41) is 1.26. The minimum absolute atomic E-state index is 0.0541. The highest BCUT2D eigenvalue weighted by atomic mass is 15.0. The van der Waals surface area contributed by atoms with Crippen molar-refractivity contribution in [2.75, 3.05) is 0 Å². The monoisotopic (exact) mass is 706 g/mol. The molecule has 4 nitrogen and oxygen atoms in total. The van der Waals surface area contributed by atoms with Crippen molar-refractivity contribution >= 4 is 21.8 Å². The van der Waals surface area contributed by atoms with Gasteiger partial charge in [-0.3, -0.25) is 0 Å². The van der Waals surface area contributed by atoms with Gasteiger partial charge >= 0.3 is 0 Å². The zero-order valence-electron chi connectivity index (χ0n) is 33.6. The van der Waals surface area contributed by atoms with E-state index in [2.05, 4.69) is 60.7 Å². The second kappa shape index (κ2) is 13.8. The Kier molecular flexibility index (Phi) is 7.08. The highest BCUT2D eigenvalue weighted by molar-refractivity contribution is 6.13. The Morgan fingerprint density at radius 3 is 1.44 bits per heavy atom. The van der Waals surface area contributed by atoms with Crippen LogP contribution in [0.3, 0.4) is 0 Å². The van der Waals surface area contributed by atoms with E-state index in [-0.39, 0.29) is 24.2 Å². The number of fused-ring (bicyclic) bond motifs is 3. The Hall–Kier alpha value is -7.43. The second-order valence-electron chi connectivity index (χ2n) is 13.4. The van der Waals surface area contributed by atoms with Crippen LogP contribution in [0.2, 0.25) is 0 Å². The predicted molar refractivity (Wildman–Crippen MR) is 227 cm³/mol. The summed E-state index contributed by atoms with van der Waals surface area (Å²) >= 11 is 0. The van der Waals surface area contributed by atoms with Crippen molar-refractivity contribution in [2.24, 2.45) is 0 Å². The molecule has 0 saturated carbocycles.